The maximum Gasteiger partial charge on any atom is 2.00 e. The molecule has 2 aliphatic carbocycles. The van der Waals surface area contributed by atoms with Gasteiger partial charge in [0.05, 0.1) is 0 Å². The first kappa shape index (κ1) is 17.0. The van der Waals surface area contributed by atoms with Crippen LogP contribution in [-0.4, -0.2) is 0 Å². The van der Waals surface area contributed by atoms with Crippen molar-refractivity contribution in [2.75, 3.05) is 0 Å². The van der Waals surface area contributed by atoms with E-state index < -0.39 is 0 Å². The predicted octanol–water partition coefficient (Wildman–Crippen LogP) is 1.53. The molecule has 0 spiro atoms. The van der Waals surface area contributed by atoms with Gasteiger partial charge in [-0.15, -0.1) is 33.4 Å². The van der Waals surface area contributed by atoms with Crippen LogP contribution in [0, 0.1) is 6.42 Å². The molecule has 0 saturated carbocycles. The van der Waals surface area contributed by atoms with Gasteiger partial charge in [0.15, 0.2) is 0 Å². The van der Waals surface area contributed by atoms with Crippen LogP contribution < -0.4 is 12.4 Å². The van der Waals surface area contributed by atoms with Crippen LogP contribution in [0.25, 0.3) is 0 Å². The van der Waals surface area contributed by atoms with E-state index in [0.29, 0.717) is 0 Å². The molecule has 0 N–H and O–H groups in total. The minimum absolute atomic E-state index is 0. The summed E-state index contributed by atoms with van der Waals surface area (Å²) in [6.07, 6.45) is 9.28. The van der Waals surface area contributed by atoms with E-state index in [9.17, 15) is 0 Å². The zero-order valence-corrected chi connectivity index (χ0v) is 14.2. The van der Waals surface area contributed by atoms with Crippen LogP contribution in [0.1, 0.15) is 40.5 Å². The Morgan fingerprint density at radius 3 is 1.41 bits per heavy atom. The van der Waals surface area contributed by atoms with E-state index in [1.165, 1.54) is 33.4 Å². The van der Waals surface area contributed by atoms with Gasteiger partial charge in [0.1, 0.15) is 0 Å². The topological polar surface area (TPSA) is 0 Å². The summed E-state index contributed by atoms with van der Waals surface area (Å²) in [6.45, 7) is 8.87. The van der Waals surface area contributed by atoms with Crippen molar-refractivity contribution in [3.8, 4) is 0 Å². The molecular formula is C15H19ClZr. The average molecular weight is 326 g/mol. The van der Waals surface area contributed by atoms with Gasteiger partial charge in [-0.05, 0) is 12.8 Å². The fourth-order valence-electron chi connectivity index (χ4n) is 2.19. The van der Waals surface area contributed by atoms with Gasteiger partial charge in [-0.25, -0.2) is 0 Å². The molecule has 0 nitrogen and oxygen atoms in total. The van der Waals surface area contributed by atoms with Crippen LogP contribution in [-0.2, 0) is 26.2 Å². The average Bonchev–Trinajstić information content (AvgIpc) is 2.68. The molecule has 0 bridgehead atoms. The summed E-state index contributed by atoms with van der Waals surface area (Å²) in [6, 6.07) is 0. The van der Waals surface area contributed by atoms with Crippen LogP contribution in [0.2, 0.25) is 0 Å². The minimum Gasteiger partial charge on any atom is -1.00 e. The molecule has 0 amide bonds. The molecular weight excluding hydrogens is 307 g/mol. The van der Waals surface area contributed by atoms with Crippen molar-refractivity contribution in [2.45, 2.75) is 40.5 Å². The van der Waals surface area contributed by atoms with Crippen LogP contribution in [0.4, 0.5) is 0 Å². The molecule has 0 unspecified atom stereocenters. The molecule has 17 heavy (non-hydrogen) atoms. The Balaban J connectivity index is 0.00000128. The molecule has 0 aromatic heterocycles. The minimum atomic E-state index is 0. The van der Waals surface area contributed by atoms with Crippen molar-refractivity contribution in [1.29, 1.82) is 0 Å². The number of allylic oxidation sites excluding steroid dienone is 8. The summed E-state index contributed by atoms with van der Waals surface area (Å²) in [5, 5.41) is 0. The van der Waals surface area contributed by atoms with Crippen LogP contribution in [0.5, 0.6) is 0 Å². The van der Waals surface area contributed by atoms with Crippen molar-refractivity contribution in [3.05, 3.63) is 52.0 Å². The first-order valence-electron chi connectivity index (χ1n) is 5.68. The van der Waals surface area contributed by atoms with Crippen LogP contribution >= 0.6 is 0 Å². The molecule has 0 fully saturated rings. The molecule has 0 heterocycles. The monoisotopic (exact) mass is 324 g/mol. The molecule has 2 aliphatic rings. The van der Waals surface area contributed by atoms with E-state index >= 15 is 0 Å². The maximum absolute atomic E-state index is 2.39. The molecule has 2 rings (SSSR count). The van der Waals surface area contributed by atoms with E-state index in [1.807, 2.05) is 0 Å². The number of hydrogen-bond donors (Lipinski definition) is 0. The van der Waals surface area contributed by atoms with E-state index in [2.05, 4.69) is 46.3 Å². The zero-order valence-electron chi connectivity index (χ0n) is 11.0. The van der Waals surface area contributed by atoms with E-state index in [0.717, 1.165) is 12.8 Å². The van der Waals surface area contributed by atoms with Gasteiger partial charge in [-0.2, -0.15) is 6.42 Å². The Hall–Kier alpha value is 0.00312. The van der Waals surface area contributed by atoms with Gasteiger partial charge in [0.2, 0.25) is 0 Å². The first-order valence-corrected chi connectivity index (χ1v) is 5.68. The third-order valence-corrected chi connectivity index (χ3v) is 3.75. The zero-order chi connectivity index (χ0) is 11.0. The molecule has 90 valence electrons. The Morgan fingerprint density at radius 2 is 1.18 bits per heavy atom. The summed E-state index contributed by atoms with van der Waals surface area (Å²) in [5.74, 6) is 0. The molecule has 0 radical (unpaired) electrons. The van der Waals surface area contributed by atoms with Crippen molar-refractivity contribution >= 4 is 0 Å². The third-order valence-electron chi connectivity index (χ3n) is 3.75. The molecule has 0 aromatic rings. The Kier molecular flexibility index (Phi) is 6.81. The van der Waals surface area contributed by atoms with Crippen molar-refractivity contribution < 1.29 is 38.6 Å². The van der Waals surface area contributed by atoms with E-state index in [1.54, 1.807) is 0 Å². The Bertz CT molecular complexity index is 382. The van der Waals surface area contributed by atoms with Crippen molar-refractivity contribution in [2.24, 2.45) is 0 Å². The first-order chi connectivity index (χ1) is 7.09. The Labute approximate surface area is 130 Å². The molecule has 0 aliphatic heterocycles. The second-order valence-corrected chi connectivity index (χ2v) is 4.63. The van der Waals surface area contributed by atoms with Crippen molar-refractivity contribution in [1.82, 2.24) is 0 Å². The van der Waals surface area contributed by atoms with Crippen LogP contribution in [0.3, 0.4) is 0 Å². The summed E-state index contributed by atoms with van der Waals surface area (Å²) < 4.78 is 0. The standard InChI is InChI=1S/C15H19.ClH.Zr/c1-10-5-7-14(12(10)3)9-15-8-6-11(2)13(15)4;;/h5-6,9H,7-8H2,1-4H3;1H;/q-1;;+2/p-1. The van der Waals surface area contributed by atoms with Crippen LogP contribution in [0.15, 0.2) is 45.6 Å². The summed E-state index contributed by atoms with van der Waals surface area (Å²) in [7, 11) is 0. The largest absolute Gasteiger partial charge is 2.00 e. The van der Waals surface area contributed by atoms with Crippen molar-refractivity contribution in [3.63, 3.8) is 0 Å². The number of halogens is 1. The smallest absolute Gasteiger partial charge is 1.00 e. The fourth-order valence-corrected chi connectivity index (χ4v) is 2.19. The summed E-state index contributed by atoms with van der Waals surface area (Å²) in [4.78, 5) is 0. The molecule has 2 heteroatoms. The van der Waals surface area contributed by atoms with Gasteiger partial charge >= 0.3 is 26.2 Å². The summed E-state index contributed by atoms with van der Waals surface area (Å²) in [5.41, 5.74) is 8.85. The van der Waals surface area contributed by atoms with E-state index in [4.69, 9.17) is 0 Å². The normalized spacial score (nSPS) is 18.6. The van der Waals surface area contributed by atoms with Gasteiger partial charge in [-0.3, -0.25) is 0 Å². The quantitative estimate of drug-likeness (QED) is 0.675. The second-order valence-electron chi connectivity index (χ2n) is 4.63. The summed E-state index contributed by atoms with van der Waals surface area (Å²) >= 11 is 0. The molecule has 0 aromatic carbocycles. The maximum atomic E-state index is 2.39. The fraction of sp³-hybridized carbons (Fsp3) is 0.400. The Morgan fingerprint density at radius 1 is 0.824 bits per heavy atom. The van der Waals surface area contributed by atoms with Gasteiger partial charge in [0.25, 0.3) is 0 Å². The van der Waals surface area contributed by atoms with Gasteiger partial charge in [-0.1, -0.05) is 39.8 Å². The van der Waals surface area contributed by atoms with Gasteiger partial charge in [0, 0.05) is 0 Å². The number of hydrogen-bond acceptors (Lipinski definition) is 0. The second kappa shape index (κ2) is 6.81. The SMILES string of the molecule is CC1=CCC([CH-]C2=C(C)C(C)=CC2)=C1C.[Cl-].[Zr+2]. The predicted molar refractivity (Wildman–Crippen MR) is 66.4 cm³/mol. The molecule has 0 atom stereocenters. The van der Waals surface area contributed by atoms with E-state index in [-0.39, 0.29) is 38.6 Å². The van der Waals surface area contributed by atoms with Gasteiger partial charge < -0.3 is 12.4 Å². The number of rotatable bonds is 2. The molecule has 0 saturated heterocycles. The third kappa shape index (κ3) is 3.49.